The Kier molecular flexibility index (Phi) is 5.72. The molecule has 5 heteroatoms. The number of carbonyl (C=O) groups excluding carboxylic acids is 1. The second-order valence-corrected chi connectivity index (χ2v) is 3.45. The molecular formula is C12H16FNO3. The minimum Gasteiger partial charge on any atom is -0.382 e. The number of nitrogens with zero attached hydrogens (tertiary/aromatic N) is 1. The van der Waals surface area contributed by atoms with Crippen molar-refractivity contribution >= 4 is 5.78 Å². The largest absolute Gasteiger partial charge is 0.382 e. The molecule has 1 aromatic heterocycles. The number of Topliss-reactive ketones (excluding diaryl/α,β-unsaturated/α-hetero) is 1. The molecule has 17 heavy (non-hydrogen) atoms. The molecule has 0 aromatic carbocycles. The molecule has 94 valence electrons. The lowest BCUT2D eigenvalue weighted by atomic mass is 10.1. The van der Waals surface area contributed by atoms with E-state index < -0.39 is 5.95 Å². The minimum atomic E-state index is -0.651. The Labute approximate surface area is 99.8 Å². The SMILES string of the molecule is CCC(=O)c1ccnc(F)c1COCCOC. The second kappa shape index (κ2) is 7.09. The van der Waals surface area contributed by atoms with Crippen molar-refractivity contribution in [1.29, 1.82) is 0 Å². The van der Waals surface area contributed by atoms with Gasteiger partial charge < -0.3 is 9.47 Å². The van der Waals surface area contributed by atoms with Crippen LogP contribution in [0.5, 0.6) is 0 Å². The Morgan fingerprint density at radius 1 is 1.47 bits per heavy atom. The zero-order valence-corrected chi connectivity index (χ0v) is 10.0. The minimum absolute atomic E-state index is 0.0319. The van der Waals surface area contributed by atoms with E-state index in [-0.39, 0.29) is 18.0 Å². The Bertz CT molecular complexity index is 382. The number of hydrogen-bond acceptors (Lipinski definition) is 4. The molecule has 0 amide bonds. The van der Waals surface area contributed by atoms with E-state index >= 15 is 0 Å². The first-order valence-corrected chi connectivity index (χ1v) is 5.44. The number of ketones is 1. The van der Waals surface area contributed by atoms with Gasteiger partial charge in [0.15, 0.2) is 5.78 Å². The van der Waals surface area contributed by atoms with Crippen LogP contribution in [0.25, 0.3) is 0 Å². The summed E-state index contributed by atoms with van der Waals surface area (Å²) in [4.78, 5) is 15.1. The van der Waals surface area contributed by atoms with Gasteiger partial charge in [-0.1, -0.05) is 6.92 Å². The maximum atomic E-state index is 13.5. The highest BCUT2D eigenvalue weighted by atomic mass is 19.1. The fourth-order valence-corrected chi connectivity index (χ4v) is 1.37. The number of carbonyl (C=O) groups is 1. The van der Waals surface area contributed by atoms with Crippen LogP contribution in [0.2, 0.25) is 0 Å². The van der Waals surface area contributed by atoms with Gasteiger partial charge in [0.05, 0.1) is 19.8 Å². The van der Waals surface area contributed by atoms with Gasteiger partial charge in [0.2, 0.25) is 5.95 Å². The molecule has 1 heterocycles. The van der Waals surface area contributed by atoms with E-state index in [9.17, 15) is 9.18 Å². The third-order valence-electron chi connectivity index (χ3n) is 2.30. The zero-order chi connectivity index (χ0) is 12.7. The number of methoxy groups -OCH3 is 1. The second-order valence-electron chi connectivity index (χ2n) is 3.45. The zero-order valence-electron chi connectivity index (χ0n) is 10.0. The average Bonchev–Trinajstić information content (AvgIpc) is 2.35. The highest BCUT2D eigenvalue weighted by molar-refractivity contribution is 5.97. The van der Waals surface area contributed by atoms with Crippen LogP contribution >= 0.6 is 0 Å². The van der Waals surface area contributed by atoms with Crippen molar-refractivity contribution in [3.63, 3.8) is 0 Å². The summed E-state index contributed by atoms with van der Waals surface area (Å²) >= 11 is 0. The number of halogens is 1. The van der Waals surface area contributed by atoms with Gasteiger partial charge in [-0.05, 0) is 6.07 Å². The molecule has 0 atom stereocenters. The van der Waals surface area contributed by atoms with Crippen LogP contribution in [-0.2, 0) is 16.1 Å². The maximum Gasteiger partial charge on any atom is 0.219 e. The van der Waals surface area contributed by atoms with Crippen LogP contribution in [-0.4, -0.2) is 31.1 Å². The Hall–Kier alpha value is -1.33. The highest BCUT2D eigenvalue weighted by Crippen LogP contribution is 2.14. The molecule has 0 N–H and O–H groups in total. The van der Waals surface area contributed by atoms with Gasteiger partial charge in [0.25, 0.3) is 0 Å². The summed E-state index contributed by atoms with van der Waals surface area (Å²) in [6.07, 6.45) is 1.62. The van der Waals surface area contributed by atoms with Crippen molar-refractivity contribution in [2.24, 2.45) is 0 Å². The van der Waals surface area contributed by atoms with E-state index in [1.165, 1.54) is 12.3 Å². The van der Waals surface area contributed by atoms with E-state index in [1.807, 2.05) is 0 Å². The lowest BCUT2D eigenvalue weighted by molar-refractivity contribution is 0.0595. The summed E-state index contributed by atoms with van der Waals surface area (Å²) in [5, 5.41) is 0. The Morgan fingerprint density at radius 2 is 2.24 bits per heavy atom. The fourth-order valence-electron chi connectivity index (χ4n) is 1.37. The van der Waals surface area contributed by atoms with Gasteiger partial charge in [0, 0.05) is 30.9 Å². The molecule has 0 radical (unpaired) electrons. The summed E-state index contributed by atoms with van der Waals surface area (Å²) in [5.74, 6) is -0.765. The topological polar surface area (TPSA) is 48.4 Å². The van der Waals surface area contributed by atoms with Gasteiger partial charge in [-0.25, -0.2) is 4.98 Å². The summed E-state index contributed by atoms with van der Waals surface area (Å²) in [5.41, 5.74) is 0.563. The van der Waals surface area contributed by atoms with E-state index in [0.29, 0.717) is 25.2 Å². The summed E-state index contributed by atoms with van der Waals surface area (Å²) in [6.45, 7) is 2.55. The first kappa shape index (κ1) is 13.7. The molecule has 0 saturated carbocycles. The van der Waals surface area contributed by atoms with E-state index in [4.69, 9.17) is 9.47 Å². The van der Waals surface area contributed by atoms with Crippen molar-refractivity contribution < 1.29 is 18.7 Å². The molecule has 0 unspecified atom stereocenters. The number of aromatic nitrogens is 1. The molecule has 0 saturated heterocycles. The van der Waals surface area contributed by atoms with Crippen LogP contribution in [0.15, 0.2) is 12.3 Å². The number of rotatable bonds is 7. The molecule has 0 spiro atoms. The molecular weight excluding hydrogens is 225 g/mol. The third-order valence-corrected chi connectivity index (χ3v) is 2.30. The van der Waals surface area contributed by atoms with Crippen LogP contribution in [0.4, 0.5) is 4.39 Å². The van der Waals surface area contributed by atoms with Crippen molar-refractivity contribution in [2.75, 3.05) is 20.3 Å². The van der Waals surface area contributed by atoms with Crippen molar-refractivity contribution in [1.82, 2.24) is 4.98 Å². The first-order chi connectivity index (χ1) is 8.20. The highest BCUT2D eigenvalue weighted by Gasteiger charge is 2.14. The van der Waals surface area contributed by atoms with Crippen LogP contribution in [0.1, 0.15) is 29.3 Å². The van der Waals surface area contributed by atoms with Gasteiger partial charge in [0.1, 0.15) is 0 Å². The summed E-state index contributed by atoms with van der Waals surface area (Å²) in [7, 11) is 1.56. The van der Waals surface area contributed by atoms with Crippen molar-refractivity contribution in [3.8, 4) is 0 Å². The number of ether oxygens (including phenoxy) is 2. The summed E-state index contributed by atoms with van der Waals surface area (Å²) < 4.78 is 23.5. The van der Waals surface area contributed by atoms with Gasteiger partial charge in [-0.15, -0.1) is 0 Å². The summed E-state index contributed by atoms with van der Waals surface area (Å²) in [6, 6.07) is 1.52. The lowest BCUT2D eigenvalue weighted by Gasteiger charge is -2.09. The van der Waals surface area contributed by atoms with Crippen LogP contribution in [0, 0.1) is 5.95 Å². The van der Waals surface area contributed by atoms with Gasteiger partial charge in [-0.3, -0.25) is 4.79 Å². The molecule has 0 aliphatic heterocycles. The quantitative estimate of drug-likeness (QED) is 0.416. The van der Waals surface area contributed by atoms with Gasteiger partial charge >= 0.3 is 0 Å². The molecule has 0 aliphatic carbocycles. The van der Waals surface area contributed by atoms with Crippen LogP contribution in [0.3, 0.4) is 0 Å². The van der Waals surface area contributed by atoms with E-state index in [1.54, 1.807) is 14.0 Å². The van der Waals surface area contributed by atoms with E-state index in [2.05, 4.69) is 4.98 Å². The number of hydrogen-bond donors (Lipinski definition) is 0. The smallest absolute Gasteiger partial charge is 0.219 e. The van der Waals surface area contributed by atoms with Crippen LogP contribution < -0.4 is 0 Å². The molecule has 0 fully saturated rings. The molecule has 1 aromatic rings. The molecule has 0 aliphatic rings. The standard InChI is InChI=1S/C12H16FNO3/c1-3-11(15)9-4-5-14-12(13)10(9)8-17-7-6-16-2/h4-5H,3,6-8H2,1-2H3. The van der Waals surface area contributed by atoms with E-state index in [0.717, 1.165) is 0 Å². The first-order valence-electron chi connectivity index (χ1n) is 5.44. The van der Waals surface area contributed by atoms with Crippen molar-refractivity contribution in [3.05, 3.63) is 29.3 Å². The average molecular weight is 241 g/mol. The normalized spacial score (nSPS) is 10.5. The third kappa shape index (κ3) is 3.87. The molecule has 4 nitrogen and oxygen atoms in total. The lowest BCUT2D eigenvalue weighted by Crippen LogP contribution is -2.10. The molecule has 1 rings (SSSR count). The predicted molar refractivity (Wildman–Crippen MR) is 60.3 cm³/mol. The monoisotopic (exact) mass is 241 g/mol. The Morgan fingerprint density at radius 3 is 2.88 bits per heavy atom. The Balaban J connectivity index is 2.77. The number of pyridine rings is 1. The van der Waals surface area contributed by atoms with Gasteiger partial charge in [-0.2, -0.15) is 4.39 Å². The van der Waals surface area contributed by atoms with Crippen molar-refractivity contribution in [2.45, 2.75) is 20.0 Å². The maximum absolute atomic E-state index is 13.5. The molecule has 0 bridgehead atoms. The predicted octanol–water partition coefficient (Wildman–Crippen LogP) is 1.98. The fraction of sp³-hybridized carbons (Fsp3) is 0.500.